The van der Waals surface area contributed by atoms with Crippen LogP contribution in [0.15, 0.2) is 42.5 Å². The third-order valence-electron chi connectivity index (χ3n) is 4.62. The molecule has 0 radical (unpaired) electrons. The van der Waals surface area contributed by atoms with Crippen LogP contribution in [-0.2, 0) is 0 Å². The van der Waals surface area contributed by atoms with Crippen molar-refractivity contribution in [1.82, 2.24) is 4.98 Å². The Labute approximate surface area is 165 Å². The minimum atomic E-state index is -0.242. The van der Waals surface area contributed by atoms with Crippen molar-refractivity contribution in [2.24, 2.45) is 0 Å². The van der Waals surface area contributed by atoms with E-state index in [1.54, 1.807) is 14.2 Å². The Morgan fingerprint density at radius 2 is 1.82 bits per heavy atom. The number of pyridine rings is 1. The molecule has 0 unspecified atom stereocenters. The lowest BCUT2D eigenvalue weighted by Gasteiger charge is -2.08. The molecule has 0 saturated carbocycles. The van der Waals surface area contributed by atoms with Crippen molar-refractivity contribution >= 4 is 49.7 Å². The fourth-order valence-electron chi connectivity index (χ4n) is 3.09. The Morgan fingerprint density at radius 3 is 2.54 bits per heavy atom. The first-order valence-electron chi connectivity index (χ1n) is 8.63. The lowest BCUT2D eigenvalue weighted by molar-refractivity contribution is 0.103. The molecule has 0 saturated heterocycles. The number of carbonyl (C=O) groups is 1. The van der Waals surface area contributed by atoms with Gasteiger partial charge in [-0.1, -0.05) is 18.2 Å². The van der Waals surface area contributed by atoms with Gasteiger partial charge in [-0.05, 0) is 30.7 Å². The van der Waals surface area contributed by atoms with Crippen LogP contribution in [-0.4, -0.2) is 25.1 Å². The van der Waals surface area contributed by atoms with E-state index in [2.05, 4.69) is 10.3 Å². The Balaban J connectivity index is 1.80. The van der Waals surface area contributed by atoms with Gasteiger partial charge >= 0.3 is 0 Å². The van der Waals surface area contributed by atoms with Crippen LogP contribution in [0, 0.1) is 6.92 Å². The van der Waals surface area contributed by atoms with Gasteiger partial charge in [0, 0.05) is 22.5 Å². The average molecular weight is 393 g/mol. The summed E-state index contributed by atoms with van der Waals surface area (Å²) in [5.41, 5.74) is 9.22. The fraction of sp³-hybridized carbons (Fsp3) is 0.143. The molecule has 3 N–H and O–H groups in total. The fourth-order valence-corrected chi connectivity index (χ4v) is 4.07. The normalized spacial score (nSPS) is 11.0. The molecule has 0 aliphatic carbocycles. The lowest BCUT2D eigenvalue weighted by atomic mass is 10.1. The van der Waals surface area contributed by atoms with Crippen molar-refractivity contribution in [3.8, 4) is 11.5 Å². The Morgan fingerprint density at radius 1 is 1.11 bits per heavy atom. The predicted octanol–water partition coefficient (Wildman–Crippen LogP) is 4.61. The number of nitrogens with zero attached hydrogens (tertiary/aromatic N) is 1. The summed E-state index contributed by atoms with van der Waals surface area (Å²) in [6.07, 6.45) is 0. The molecule has 6 nitrogen and oxygen atoms in total. The van der Waals surface area contributed by atoms with Crippen molar-refractivity contribution in [2.75, 3.05) is 25.3 Å². The van der Waals surface area contributed by atoms with Gasteiger partial charge in [-0.25, -0.2) is 4.98 Å². The number of methoxy groups -OCH3 is 2. The highest BCUT2D eigenvalue weighted by Crippen LogP contribution is 2.38. The quantitative estimate of drug-likeness (QED) is 0.529. The molecule has 142 valence electrons. The van der Waals surface area contributed by atoms with Crippen molar-refractivity contribution in [3.05, 3.63) is 52.9 Å². The monoisotopic (exact) mass is 393 g/mol. The molecule has 4 aromatic rings. The van der Waals surface area contributed by atoms with Crippen molar-refractivity contribution < 1.29 is 14.3 Å². The van der Waals surface area contributed by atoms with E-state index < -0.39 is 0 Å². The van der Waals surface area contributed by atoms with E-state index in [0.29, 0.717) is 26.9 Å². The second-order valence-electron chi connectivity index (χ2n) is 6.35. The maximum atomic E-state index is 12.8. The SMILES string of the molecule is COc1cc2cc3c(N)c(C(=O)Nc4ccccc4C)sc3nc2cc1OC. The van der Waals surface area contributed by atoms with E-state index in [-0.39, 0.29) is 5.91 Å². The summed E-state index contributed by atoms with van der Waals surface area (Å²) in [6, 6.07) is 13.2. The zero-order valence-corrected chi connectivity index (χ0v) is 16.5. The van der Waals surface area contributed by atoms with Crippen LogP contribution >= 0.6 is 11.3 Å². The first-order chi connectivity index (χ1) is 13.5. The summed E-state index contributed by atoms with van der Waals surface area (Å²) in [5.74, 6) is 0.973. The largest absolute Gasteiger partial charge is 0.493 e. The number of hydrogen-bond acceptors (Lipinski definition) is 6. The number of rotatable bonds is 4. The summed E-state index contributed by atoms with van der Waals surface area (Å²) in [7, 11) is 3.17. The van der Waals surface area contributed by atoms with Gasteiger partial charge in [-0.15, -0.1) is 11.3 Å². The Hall–Kier alpha value is -3.32. The number of nitrogens with one attached hydrogen (secondary N) is 1. The number of para-hydroxylation sites is 1. The number of fused-ring (bicyclic) bond motifs is 2. The number of aryl methyl sites for hydroxylation is 1. The summed E-state index contributed by atoms with van der Waals surface area (Å²) in [5, 5.41) is 4.54. The highest BCUT2D eigenvalue weighted by molar-refractivity contribution is 7.21. The molecule has 0 aliphatic heterocycles. The maximum absolute atomic E-state index is 12.8. The van der Waals surface area contributed by atoms with Crippen LogP contribution in [0.25, 0.3) is 21.1 Å². The average Bonchev–Trinajstić information content (AvgIpc) is 3.02. The number of hydrogen-bond donors (Lipinski definition) is 2. The second-order valence-corrected chi connectivity index (χ2v) is 7.35. The molecule has 4 rings (SSSR count). The van der Waals surface area contributed by atoms with Gasteiger partial charge in [0.25, 0.3) is 5.91 Å². The molecule has 2 aromatic carbocycles. The van der Waals surface area contributed by atoms with Gasteiger partial charge in [0.05, 0.1) is 25.4 Å². The summed E-state index contributed by atoms with van der Waals surface area (Å²) in [4.78, 5) is 18.6. The number of anilines is 2. The molecule has 0 fully saturated rings. The van der Waals surface area contributed by atoms with Gasteiger partial charge in [-0.2, -0.15) is 0 Å². The number of benzene rings is 2. The van der Waals surface area contributed by atoms with E-state index in [9.17, 15) is 4.79 Å². The molecule has 7 heteroatoms. The molecule has 2 heterocycles. The van der Waals surface area contributed by atoms with Crippen molar-refractivity contribution in [2.45, 2.75) is 6.92 Å². The molecule has 1 amide bonds. The van der Waals surface area contributed by atoms with E-state index in [1.807, 2.05) is 49.4 Å². The van der Waals surface area contributed by atoms with Crippen molar-refractivity contribution in [3.63, 3.8) is 0 Å². The highest BCUT2D eigenvalue weighted by atomic mass is 32.1. The van der Waals surface area contributed by atoms with Gasteiger partial charge in [0.15, 0.2) is 11.5 Å². The van der Waals surface area contributed by atoms with Gasteiger partial charge in [-0.3, -0.25) is 4.79 Å². The number of nitrogens with two attached hydrogens (primary N) is 1. The summed E-state index contributed by atoms with van der Waals surface area (Å²) in [6.45, 7) is 1.94. The zero-order valence-electron chi connectivity index (χ0n) is 15.7. The first kappa shape index (κ1) is 18.1. The third kappa shape index (κ3) is 2.99. The molecular formula is C21H19N3O3S. The summed E-state index contributed by atoms with van der Waals surface area (Å²) < 4.78 is 10.7. The predicted molar refractivity (Wildman–Crippen MR) is 114 cm³/mol. The minimum Gasteiger partial charge on any atom is -0.493 e. The van der Waals surface area contributed by atoms with Crippen LogP contribution in [0.3, 0.4) is 0 Å². The number of amides is 1. The number of ether oxygens (including phenoxy) is 2. The number of carbonyl (C=O) groups excluding carboxylic acids is 1. The van der Waals surface area contributed by atoms with Crippen molar-refractivity contribution in [1.29, 1.82) is 0 Å². The second kappa shape index (κ2) is 7.01. The first-order valence-corrected chi connectivity index (χ1v) is 9.45. The molecule has 0 spiro atoms. The van der Waals surface area contributed by atoms with Crippen LogP contribution in [0.5, 0.6) is 11.5 Å². The van der Waals surface area contributed by atoms with Gasteiger partial charge in [0.1, 0.15) is 9.71 Å². The smallest absolute Gasteiger partial charge is 0.267 e. The van der Waals surface area contributed by atoms with E-state index in [4.69, 9.17) is 15.2 Å². The van der Waals surface area contributed by atoms with E-state index >= 15 is 0 Å². The molecule has 2 aromatic heterocycles. The van der Waals surface area contributed by atoms with Crippen LogP contribution in [0.1, 0.15) is 15.2 Å². The van der Waals surface area contributed by atoms with Crippen LogP contribution in [0.4, 0.5) is 11.4 Å². The minimum absolute atomic E-state index is 0.242. The molecule has 0 aliphatic rings. The molecular weight excluding hydrogens is 374 g/mol. The highest BCUT2D eigenvalue weighted by Gasteiger charge is 2.19. The standard InChI is InChI=1S/C21H19N3O3S/c1-11-6-4-5-7-14(11)23-20(25)19-18(22)13-8-12-9-16(26-2)17(27-3)10-15(12)24-21(13)28-19/h4-10H,22H2,1-3H3,(H,23,25). The third-order valence-corrected chi connectivity index (χ3v) is 5.73. The lowest BCUT2D eigenvalue weighted by Crippen LogP contribution is -2.12. The van der Waals surface area contributed by atoms with E-state index in [0.717, 1.165) is 27.5 Å². The molecule has 28 heavy (non-hydrogen) atoms. The Kier molecular flexibility index (Phi) is 4.52. The summed E-state index contributed by atoms with van der Waals surface area (Å²) >= 11 is 1.28. The van der Waals surface area contributed by atoms with Gasteiger partial charge in [0.2, 0.25) is 0 Å². The maximum Gasteiger partial charge on any atom is 0.267 e. The molecule has 0 bridgehead atoms. The van der Waals surface area contributed by atoms with E-state index in [1.165, 1.54) is 11.3 Å². The number of thiophene rings is 1. The van der Waals surface area contributed by atoms with Crippen LogP contribution < -0.4 is 20.5 Å². The number of aromatic nitrogens is 1. The Bertz CT molecular complexity index is 1220. The topological polar surface area (TPSA) is 86.5 Å². The molecule has 0 atom stereocenters. The van der Waals surface area contributed by atoms with Crippen LogP contribution in [0.2, 0.25) is 0 Å². The van der Waals surface area contributed by atoms with Gasteiger partial charge < -0.3 is 20.5 Å². The number of nitrogen functional groups attached to an aromatic ring is 1. The zero-order chi connectivity index (χ0) is 19.8.